The molecule has 0 saturated carbocycles. The second-order valence-electron chi connectivity index (χ2n) is 2.02. The van der Waals surface area contributed by atoms with Crippen molar-refractivity contribution in [2.24, 2.45) is 10.7 Å². The van der Waals surface area contributed by atoms with Gasteiger partial charge in [0.15, 0.2) is 5.78 Å². The van der Waals surface area contributed by atoms with Crippen molar-refractivity contribution in [1.82, 2.24) is 0 Å². The van der Waals surface area contributed by atoms with Crippen molar-refractivity contribution in [3.8, 4) is 0 Å². The molecule has 0 unspecified atom stereocenters. The number of carbonyl (C=O) groups excluding carboxylic acids is 1. The van der Waals surface area contributed by atoms with Crippen LogP contribution in [0, 0.1) is 0 Å². The minimum Gasteiger partial charge on any atom is -0.396 e. The van der Waals surface area contributed by atoms with Gasteiger partial charge in [-0.15, -0.1) is 0 Å². The van der Waals surface area contributed by atoms with Crippen LogP contribution in [0.5, 0.6) is 0 Å². The van der Waals surface area contributed by atoms with Gasteiger partial charge in [-0.2, -0.15) is 0 Å². The fraction of sp³-hybridized carbons (Fsp3) is 0.429. The molecule has 0 aromatic heterocycles. The molecular formula is C7H12N2O. The van der Waals surface area contributed by atoms with Crippen LogP contribution in [-0.4, -0.2) is 18.5 Å². The summed E-state index contributed by atoms with van der Waals surface area (Å²) in [7, 11) is 1.65. The molecule has 0 aromatic carbocycles. The van der Waals surface area contributed by atoms with Gasteiger partial charge < -0.3 is 5.73 Å². The van der Waals surface area contributed by atoms with E-state index in [0.29, 0.717) is 0 Å². The molecular weight excluding hydrogens is 128 g/mol. The molecule has 0 saturated heterocycles. The Kier molecular flexibility index (Phi) is 3.39. The quantitative estimate of drug-likeness (QED) is 0.448. The molecule has 3 nitrogen and oxygen atoms in total. The average molecular weight is 140 g/mol. The van der Waals surface area contributed by atoms with Crippen molar-refractivity contribution in [2.45, 2.75) is 13.8 Å². The molecule has 0 heterocycles. The molecule has 0 rings (SSSR count). The Labute approximate surface area is 60.6 Å². The Morgan fingerprint density at radius 2 is 2.00 bits per heavy atom. The van der Waals surface area contributed by atoms with Crippen LogP contribution in [0.15, 0.2) is 16.8 Å². The second kappa shape index (κ2) is 3.82. The molecule has 0 fully saturated rings. The Balaban J connectivity index is 4.31. The van der Waals surface area contributed by atoms with Gasteiger partial charge in [-0.05, 0) is 13.0 Å². The minimum atomic E-state index is -0.122. The average Bonchev–Trinajstić information content (AvgIpc) is 1.87. The molecule has 0 atom stereocenters. The van der Waals surface area contributed by atoms with Crippen molar-refractivity contribution in [3.05, 3.63) is 11.8 Å². The lowest BCUT2D eigenvalue weighted by Crippen LogP contribution is -2.08. The van der Waals surface area contributed by atoms with Crippen molar-refractivity contribution in [3.63, 3.8) is 0 Å². The van der Waals surface area contributed by atoms with Crippen LogP contribution in [-0.2, 0) is 4.79 Å². The monoisotopic (exact) mass is 140 g/mol. The number of Topliss-reactive ketones (excluding diaryl/α,β-unsaturated/α-hetero) is 1. The van der Waals surface area contributed by atoms with Crippen molar-refractivity contribution < 1.29 is 4.79 Å². The normalized spacial score (nSPS) is 13.5. The van der Waals surface area contributed by atoms with E-state index in [-0.39, 0.29) is 11.5 Å². The topological polar surface area (TPSA) is 55.4 Å². The number of rotatable bonds is 2. The predicted molar refractivity (Wildman–Crippen MR) is 42.0 cm³/mol. The van der Waals surface area contributed by atoms with Crippen LogP contribution in [0.25, 0.3) is 0 Å². The van der Waals surface area contributed by atoms with Crippen LogP contribution in [0.3, 0.4) is 0 Å². The molecule has 0 radical (unpaired) electrons. The van der Waals surface area contributed by atoms with E-state index in [1.165, 1.54) is 6.92 Å². The number of ketones is 1. The summed E-state index contributed by atoms with van der Waals surface area (Å²) in [4.78, 5) is 14.4. The summed E-state index contributed by atoms with van der Waals surface area (Å²) >= 11 is 0. The molecule has 0 aliphatic rings. The van der Waals surface area contributed by atoms with Gasteiger partial charge in [-0.3, -0.25) is 9.79 Å². The predicted octanol–water partition coefficient (Wildman–Crippen LogP) is 0.509. The largest absolute Gasteiger partial charge is 0.396 e. The molecule has 0 aliphatic heterocycles. The van der Waals surface area contributed by atoms with Crippen LogP contribution in [0.2, 0.25) is 0 Å². The minimum absolute atomic E-state index is 0.122. The summed E-state index contributed by atoms with van der Waals surface area (Å²) in [6.45, 7) is 3.21. The molecule has 56 valence electrons. The molecule has 0 bridgehead atoms. The number of hydrogen-bond acceptors (Lipinski definition) is 3. The van der Waals surface area contributed by atoms with Gasteiger partial charge >= 0.3 is 0 Å². The Hall–Kier alpha value is -1.12. The number of nitrogens with zero attached hydrogens (tertiary/aromatic N) is 1. The first kappa shape index (κ1) is 8.88. The van der Waals surface area contributed by atoms with E-state index in [9.17, 15) is 4.79 Å². The molecule has 0 aromatic rings. The highest BCUT2D eigenvalue weighted by Crippen LogP contribution is 1.87. The maximum Gasteiger partial charge on any atom is 0.175 e. The third-order valence-corrected chi connectivity index (χ3v) is 1.12. The standard InChI is InChI=1S/C7H12N2O/c1-5(9-3)4-7(8)6(2)10/h4H,8H2,1-3H3. The summed E-state index contributed by atoms with van der Waals surface area (Å²) in [6.07, 6.45) is 1.56. The van der Waals surface area contributed by atoms with E-state index in [1.54, 1.807) is 20.0 Å². The highest BCUT2D eigenvalue weighted by atomic mass is 16.1. The maximum atomic E-state index is 10.5. The van der Waals surface area contributed by atoms with Gasteiger partial charge in [0, 0.05) is 19.7 Å². The van der Waals surface area contributed by atoms with E-state index in [0.717, 1.165) is 5.71 Å². The zero-order valence-electron chi connectivity index (χ0n) is 6.51. The van der Waals surface area contributed by atoms with Crippen LogP contribution in [0.1, 0.15) is 13.8 Å². The first-order valence-corrected chi connectivity index (χ1v) is 2.99. The zero-order valence-corrected chi connectivity index (χ0v) is 6.51. The third kappa shape index (κ3) is 3.02. The van der Waals surface area contributed by atoms with Crippen LogP contribution in [0.4, 0.5) is 0 Å². The molecule has 10 heavy (non-hydrogen) atoms. The number of carbonyl (C=O) groups is 1. The van der Waals surface area contributed by atoms with E-state index < -0.39 is 0 Å². The fourth-order valence-corrected chi connectivity index (χ4v) is 0.391. The summed E-state index contributed by atoms with van der Waals surface area (Å²) in [6, 6.07) is 0. The Bertz CT molecular complexity index is 192. The molecule has 0 spiro atoms. The smallest absolute Gasteiger partial charge is 0.175 e. The Morgan fingerprint density at radius 1 is 1.50 bits per heavy atom. The van der Waals surface area contributed by atoms with Crippen LogP contribution < -0.4 is 5.73 Å². The first-order valence-electron chi connectivity index (χ1n) is 2.99. The van der Waals surface area contributed by atoms with Gasteiger partial charge in [0.25, 0.3) is 0 Å². The lowest BCUT2D eigenvalue weighted by atomic mass is 10.2. The highest BCUT2D eigenvalue weighted by molar-refractivity contribution is 6.02. The van der Waals surface area contributed by atoms with E-state index >= 15 is 0 Å². The number of allylic oxidation sites excluding steroid dienone is 2. The molecule has 0 aliphatic carbocycles. The lowest BCUT2D eigenvalue weighted by Gasteiger charge is -1.92. The van der Waals surface area contributed by atoms with E-state index in [2.05, 4.69) is 4.99 Å². The second-order valence-corrected chi connectivity index (χ2v) is 2.02. The summed E-state index contributed by atoms with van der Waals surface area (Å²) in [5.74, 6) is -0.122. The van der Waals surface area contributed by atoms with Crippen molar-refractivity contribution in [1.29, 1.82) is 0 Å². The van der Waals surface area contributed by atoms with Gasteiger partial charge in [-0.25, -0.2) is 0 Å². The summed E-state index contributed by atoms with van der Waals surface area (Å²) in [5.41, 5.74) is 6.33. The summed E-state index contributed by atoms with van der Waals surface area (Å²) in [5, 5.41) is 0. The van der Waals surface area contributed by atoms with Gasteiger partial charge in [0.05, 0.1) is 5.70 Å². The fourth-order valence-electron chi connectivity index (χ4n) is 0.391. The van der Waals surface area contributed by atoms with Gasteiger partial charge in [-0.1, -0.05) is 0 Å². The number of aliphatic imine (C=N–C) groups is 1. The van der Waals surface area contributed by atoms with E-state index in [1.807, 2.05) is 0 Å². The van der Waals surface area contributed by atoms with E-state index in [4.69, 9.17) is 5.73 Å². The SMILES string of the molecule is CN=C(C)C=C(N)C(C)=O. The third-order valence-electron chi connectivity index (χ3n) is 1.12. The maximum absolute atomic E-state index is 10.5. The van der Waals surface area contributed by atoms with Crippen molar-refractivity contribution >= 4 is 11.5 Å². The number of hydrogen-bond donors (Lipinski definition) is 1. The zero-order chi connectivity index (χ0) is 8.15. The molecule has 2 N–H and O–H groups in total. The summed E-state index contributed by atoms with van der Waals surface area (Å²) < 4.78 is 0. The molecule has 0 amide bonds. The van der Waals surface area contributed by atoms with Crippen LogP contribution >= 0.6 is 0 Å². The highest BCUT2D eigenvalue weighted by Gasteiger charge is 1.95. The number of nitrogens with two attached hydrogens (primary N) is 1. The molecule has 3 heteroatoms. The lowest BCUT2D eigenvalue weighted by molar-refractivity contribution is -0.113. The van der Waals surface area contributed by atoms with Crippen molar-refractivity contribution in [2.75, 3.05) is 7.05 Å². The Morgan fingerprint density at radius 3 is 2.30 bits per heavy atom. The van der Waals surface area contributed by atoms with Gasteiger partial charge in [0.2, 0.25) is 0 Å². The van der Waals surface area contributed by atoms with Gasteiger partial charge in [0.1, 0.15) is 0 Å². The first-order chi connectivity index (χ1) is 4.57.